The molecule has 0 fully saturated rings. The van der Waals surface area contributed by atoms with Gasteiger partial charge < -0.3 is 10.1 Å². The zero-order chi connectivity index (χ0) is 18.5. The van der Waals surface area contributed by atoms with Crippen molar-refractivity contribution < 1.29 is 13.2 Å². The third-order valence-electron chi connectivity index (χ3n) is 5.11. The van der Waals surface area contributed by atoms with Crippen LogP contribution in [0.1, 0.15) is 25.0 Å². The van der Waals surface area contributed by atoms with Gasteiger partial charge in [-0.2, -0.15) is 0 Å². The summed E-state index contributed by atoms with van der Waals surface area (Å²) in [7, 11) is -2.11. The van der Waals surface area contributed by atoms with Gasteiger partial charge in [0, 0.05) is 36.2 Å². The van der Waals surface area contributed by atoms with Crippen LogP contribution in [-0.2, 0) is 22.0 Å². The van der Waals surface area contributed by atoms with Gasteiger partial charge in [-0.1, -0.05) is 19.9 Å². The molecule has 1 N–H and O–H groups in total. The van der Waals surface area contributed by atoms with Crippen molar-refractivity contribution in [3.63, 3.8) is 0 Å². The molecule has 0 saturated carbocycles. The first-order chi connectivity index (χ1) is 12.3. The molecule has 3 aromatic rings. The standard InChI is InChI=1S/C20H22N2O3S/c1-20(2)13-21-12-15-10-17(6-7-18(15)20)26(23,24)22-9-8-14-4-5-16(25-3)11-19(14)22/h4-11,21H,12-13H2,1-3H3. The van der Waals surface area contributed by atoms with Gasteiger partial charge >= 0.3 is 0 Å². The van der Waals surface area contributed by atoms with Crippen molar-refractivity contribution in [3.05, 3.63) is 59.8 Å². The van der Waals surface area contributed by atoms with Crippen LogP contribution in [0.2, 0.25) is 0 Å². The van der Waals surface area contributed by atoms with Gasteiger partial charge in [-0.3, -0.25) is 0 Å². The van der Waals surface area contributed by atoms with Crippen LogP contribution in [0.15, 0.2) is 53.6 Å². The summed E-state index contributed by atoms with van der Waals surface area (Å²) in [6, 6.07) is 12.7. The molecule has 4 rings (SSSR count). The number of fused-ring (bicyclic) bond motifs is 2. The fourth-order valence-corrected chi connectivity index (χ4v) is 5.07. The van der Waals surface area contributed by atoms with E-state index in [4.69, 9.17) is 4.74 Å². The average molecular weight is 370 g/mol. The van der Waals surface area contributed by atoms with Gasteiger partial charge in [-0.05, 0) is 41.5 Å². The number of ether oxygens (including phenoxy) is 1. The first-order valence-electron chi connectivity index (χ1n) is 8.58. The van der Waals surface area contributed by atoms with Crippen molar-refractivity contribution in [2.24, 2.45) is 0 Å². The van der Waals surface area contributed by atoms with E-state index >= 15 is 0 Å². The van der Waals surface area contributed by atoms with Crippen LogP contribution in [0.3, 0.4) is 0 Å². The van der Waals surface area contributed by atoms with Crippen LogP contribution in [0.5, 0.6) is 5.75 Å². The number of hydrogen-bond acceptors (Lipinski definition) is 4. The van der Waals surface area contributed by atoms with E-state index in [1.54, 1.807) is 37.6 Å². The molecule has 0 radical (unpaired) electrons. The normalized spacial score (nSPS) is 16.4. The largest absolute Gasteiger partial charge is 0.497 e. The molecular weight excluding hydrogens is 348 g/mol. The SMILES string of the molecule is COc1ccc2ccn(S(=O)(=O)c3ccc4c(c3)CNCC4(C)C)c2c1. The highest BCUT2D eigenvalue weighted by Gasteiger charge is 2.29. The second-order valence-corrected chi connectivity index (χ2v) is 9.16. The van der Waals surface area contributed by atoms with Crippen LogP contribution in [-0.4, -0.2) is 26.0 Å². The molecule has 6 heteroatoms. The van der Waals surface area contributed by atoms with E-state index < -0.39 is 10.0 Å². The summed E-state index contributed by atoms with van der Waals surface area (Å²) in [6.07, 6.45) is 1.60. The Bertz CT molecular complexity index is 1100. The smallest absolute Gasteiger partial charge is 0.268 e. The highest BCUT2D eigenvalue weighted by molar-refractivity contribution is 7.90. The van der Waals surface area contributed by atoms with Crippen molar-refractivity contribution in [1.82, 2.24) is 9.29 Å². The number of methoxy groups -OCH3 is 1. The number of nitrogens with zero attached hydrogens (tertiary/aromatic N) is 1. The lowest BCUT2D eigenvalue weighted by Crippen LogP contribution is -2.38. The summed E-state index contributed by atoms with van der Waals surface area (Å²) in [5, 5.41) is 4.23. The molecule has 0 bridgehead atoms. The van der Waals surface area contributed by atoms with E-state index in [0.717, 1.165) is 17.5 Å². The van der Waals surface area contributed by atoms with E-state index in [9.17, 15) is 8.42 Å². The Morgan fingerprint density at radius 2 is 1.92 bits per heavy atom. The molecule has 0 spiro atoms. The summed E-state index contributed by atoms with van der Waals surface area (Å²) in [5.74, 6) is 0.629. The van der Waals surface area contributed by atoms with Crippen LogP contribution < -0.4 is 10.1 Å². The van der Waals surface area contributed by atoms with Crippen LogP contribution >= 0.6 is 0 Å². The van der Waals surface area contributed by atoms with E-state index in [0.29, 0.717) is 22.7 Å². The van der Waals surface area contributed by atoms with Gasteiger partial charge in [0.15, 0.2) is 0 Å². The minimum atomic E-state index is -3.68. The molecule has 0 atom stereocenters. The average Bonchev–Trinajstić information content (AvgIpc) is 3.04. The molecular formula is C20H22N2O3S. The van der Waals surface area contributed by atoms with Crippen LogP contribution in [0, 0.1) is 0 Å². The maximum Gasteiger partial charge on any atom is 0.268 e. The Morgan fingerprint density at radius 3 is 2.69 bits per heavy atom. The molecule has 1 aliphatic heterocycles. The van der Waals surface area contributed by atoms with Gasteiger partial charge in [0.2, 0.25) is 0 Å². The van der Waals surface area contributed by atoms with Gasteiger partial charge in [0.25, 0.3) is 10.0 Å². The summed E-state index contributed by atoms with van der Waals surface area (Å²) < 4.78 is 33.1. The van der Waals surface area contributed by atoms with E-state index in [2.05, 4.69) is 19.2 Å². The quantitative estimate of drug-likeness (QED) is 0.769. The molecule has 1 aromatic heterocycles. The Kier molecular flexibility index (Phi) is 3.86. The predicted molar refractivity (Wildman–Crippen MR) is 102 cm³/mol. The minimum Gasteiger partial charge on any atom is -0.497 e. The Hall–Kier alpha value is -2.31. The monoisotopic (exact) mass is 370 g/mol. The molecule has 5 nitrogen and oxygen atoms in total. The van der Waals surface area contributed by atoms with Crippen LogP contribution in [0.25, 0.3) is 10.9 Å². The van der Waals surface area contributed by atoms with E-state index in [1.165, 1.54) is 9.54 Å². The van der Waals surface area contributed by atoms with Crippen molar-refractivity contribution in [2.45, 2.75) is 30.7 Å². The van der Waals surface area contributed by atoms with Gasteiger partial charge in [-0.25, -0.2) is 12.4 Å². The lowest BCUT2D eigenvalue weighted by atomic mass is 9.79. The predicted octanol–water partition coefficient (Wildman–Crippen LogP) is 3.27. The van der Waals surface area contributed by atoms with E-state index in [1.807, 2.05) is 18.2 Å². The number of benzene rings is 2. The first-order valence-corrected chi connectivity index (χ1v) is 10.0. The molecule has 0 unspecified atom stereocenters. The highest BCUT2D eigenvalue weighted by Crippen LogP contribution is 2.32. The molecule has 1 aliphatic rings. The zero-order valence-electron chi connectivity index (χ0n) is 15.1. The fourth-order valence-electron chi connectivity index (χ4n) is 3.68. The number of aromatic nitrogens is 1. The zero-order valence-corrected chi connectivity index (χ0v) is 15.9. The van der Waals surface area contributed by atoms with Crippen molar-refractivity contribution in [1.29, 1.82) is 0 Å². The van der Waals surface area contributed by atoms with Crippen molar-refractivity contribution >= 4 is 20.9 Å². The topological polar surface area (TPSA) is 60.3 Å². The Balaban J connectivity index is 1.85. The maximum atomic E-state index is 13.3. The number of hydrogen-bond donors (Lipinski definition) is 1. The second-order valence-electron chi connectivity index (χ2n) is 7.35. The number of nitrogens with one attached hydrogen (secondary N) is 1. The molecule has 0 saturated heterocycles. The molecule has 26 heavy (non-hydrogen) atoms. The van der Waals surface area contributed by atoms with Gasteiger partial charge in [0.05, 0.1) is 17.5 Å². The minimum absolute atomic E-state index is 0.0105. The Morgan fingerprint density at radius 1 is 1.12 bits per heavy atom. The van der Waals surface area contributed by atoms with Crippen LogP contribution in [0.4, 0.5) is 0 Å². The summed E-state index contributed by atoms with van der Waals surface area (Å²) in [6.45, 7) is 5.90. The molecule has 136 valence electrons. The fraction of sp³-hybridized carbons (Fsp3) is 0.300. The third kappa shape index (κ3) is 2.61. The molecule has 0 aliphatic carbocycles. The van der Waals surface area contributed by atoms with Gasteiger partial charge in [-0.15, -0.1) is 0 Å². The van der Waals surface area contributed by atoms with Crippen molar-refractivity contribution in [2.75, 3.05) is 13.7 Å². The molecule has 2 heterocycles. The molecule has 2 aromatic carbocycles. The summed E-state index contributed by atoms with van der Waals surface area (Å²) >= 11 is 0. The summed E-state index contributed by atoms with van der Waals surface area (Å²) in [5.41, 5.74) is 2.84. The third-order valence-corrected chi connectivity index (χ3v) is 6.80. The Labute approximate surface area is 153 Å². The van der Waals surface area contributed by atoms with Crippen molar-refractivity contribution in [3.8, 4) is 5.75 Å². The van der Waals surface area contributed by atoms with Gasteiger partial charge in [0.1, 0.15) is 5.75 Å². The second kappa shape index (κ2) is 5.86. The lowest BCUT2D eigenvalue weighted by Gasteiger charge is -2.33. The summed E-state index contributed by atoms with van der Waals surface area (Å²) in [4.78, 5) is 0.302. The maximum absolute atomic E-state index is 13.3. The molecule has 0 amide bonds. The lowest BCUT2D eigenvalue weighted by molar-refractivity contribution is 0.415. The number of rotatable bonds is 3. The highest BCUT2D eigenvalue weighted by atomic mass is 32.2. The van der Waals surface area contributed by atoms with E-state index in [-0.39, 0.29) is 5.41 Å². The first kappa shape index (κ1) is 17.1.